The van der Waals surface area contributed by atoms with E-state index in [0.29, 0.717) is 24.5 Å². The third kappa shape index (κ3) is 3.65. The zero-order valence-corrected chi connectivity index (χ0v) is 15.2. The molecule has 0 unspecified atom stereocenters. The molecule has 1 aliphatic carbocycles. The van der Waals surface area contributed by atoms with Crippen molar-refractivity contribution < 1.29 is 9.59 Å². The molecule has 0 radical (unpaired) electrons. The molecule has 2 amide bonds. The first kappa shape index (κ1) is 17.5. The minimum Gasteiger partial charge on any atom is -0.365 e. The average Bonchev–Trinajstić information content (AvgIpc) is 2.88. The molecule has 0 aromatic carbocycles. The van der Waals surface area contributed by atoms with Crippen molar-refractivity contribution in [1.82, 2.24) is 19.7 Å². The van der Waals surface area contributed by atoms with Gasteiger partial charge in [0.15, 0.2) is 0 Å². The van der Waals surface area contributed by atoms with Crippen LogP contribution in [0.1, 0.15) is 47.4 Å². The van der Waals surface area contributed by atoms with Gasteiger partial charge in [0, 0.05) is 25.2 Å². The van der Waals surface area contributed by atoms with Gasteiger partial charge in [-0.25, -0.2) is 4.98 Å². The Labute approximate surface area is 157 Å². The van der Waals surface area contributed by atoms with Gasteiger partial charge < -0.3 is 16.0 Å². The molecule has 1 aliphatic heterocycles. The fourth-order valence-electron chi connectivity index (χ4n) is 3.63. The van der Waals surface area contributed by atoms with E-state index in [1.165, 1.54) is 6.42 Å². The van der Waals surface area contributed by atoms with Crippen LogP contribution in [0.15, 0.2) is 24.4 Å². The Balaban J connectivity index is 1.45. The molecule has 0 saturated heterocycles. The molecule has 0 spiro atoms. The van der Waals surface area contributed by atoms with Crippen molar-refractivity contribution in [3.05, 3.63) is 41.3 Å². The minimum atomic E-state index is -0.517. The van der Waals surface area contributed by atoms with Crippen molar-refractivity contribution in [2.24, 2.45) is 11.7 Å². The number of amides is 2. The maximum atomic E-state index is 12.6. The van der Waals surface area contributed by atoms with Crippen LogP contribution < -0.4 is 11.1 Å². The molecule has 0 bridgehead atoms. The molecule has 8 heteroatoms. The van der Waals surface area contributed by atoms with Gasteiger partial charge in [-0.1, -0.05) is 6.42 Å². The number of carbonyl (C=O) groups excluding carboxylic acids is 2. The summed E-state index contributed by atoms with van der Waals surface area (Å²) in [6, 6.07) is 5.34. The third-order valence-electron chi connectivity index (χ3n) is 5.34. The predicted octanol–water partition coefficient (Wildman–Crippen LogP) is 1.52. The van der Waals surface area contributed by atoms with Crippen LogP contribution in [0.3, 0.4) is 0 Å². The lowest BCUT2D eigenvalue weighted by molar-refractivity contribution is -0.138. The first-order valence-electron chi connectivity index (χ1n) is 9.45. The maximum Gasteiger partial charge on any atom is 0.252 e. The van der Waals surface area contributed by atoms with Crippen LogP contribution in [0.5, 0.6) is 0 Å². The average molecular weight is 368 g/mol. The molecule has 3 heterocycles. The van der Waals surface area contributed by atoms with E-state index in [0.717, 1.165) is 43.7 Å². The van der Waals surface area contributed by atoms with Crippen LogP contribution in [0.2, 0.25) is 0 Å². The standard InChI is InChI=1S/C19H24N6O2/c20-17(26)16-6-2-7-21-18(16)22-11-14-10-15-12-24(8-3-9-25(15)23-14)19(27)13-4-1-5-13/h2,6-7,10,13H,1,3-5,8-9,11-12H2,(H2,20,26)(H,21,22). The van der Waals surface area contributed by atoms with E-state index in [4.69, 9.17) is 5.73 Å². The summed E-state index contributed by atoms with van der Waals surface area (Å²) in [5.41, 5.74) is 7.65. The number of nitrogens with one attached hydrogen (secondary N) is 1. The second-order valence-electron chi connectivity index (χ2n) is 7.21. The first-order valence-corrected chi connectivity index (χ1v) is 9.45. The molecule has 2 aliphatic rings. The zero-order valence-electron chi connectivity index (χ0n) is 15.2. The molecule has 2 aromatic rings. The third-order valence-corrected chi connectivity index (χ3v) is 5.34. The molecule has 142 valence electrons. The SMILES string of the molecule is NC(=O)c1cccnc1NCc1cc2n(n1)CCCN(C(=O)C1CCC1)C2. The van der Waals surface area contributed by atoms with Crippen LogP contribution in [0, 0.1) is 5.92 Å². The summed E-state index contributed by atoms with van der Waals surface area (Å²) in [6.07, 6.45) is 5.73. The summed E-state index contributed by atoms with van der Waals surface area (Å²) in [6.45, 7) is 2.65. The van der Waals surface area contributed by atoms with Gasteiger partial charge in [0.1, 0.15) is 5.82 Å². The molecule has 8 nitrogen and oxygen atoms in total. The fraction of sp³-hybridized carbons (Fsp3) is 0.474. The van der Waals surface area contributed by atoms with Gasteiger partial charge >= 0.3 is 0 Å². The monoisotopic (exact) mass is 368 g/mol. The van der Waals surface area contributed by atoms with Crippen molar-refractivity contribution in [3.63, 3.8) is 0 Å². The van der Waals surface area contributed by atoms with Crippen molar-refractivity contribution in [3.8, 4) is 0 Å². The molecule has 3 N–H and O–H groups in total. The van der Waals surface area contributed by atoms with E-state index < -0.39 is 5.91 Å². The topological polar surface area (TPSA) is 106 Å². The Morgan fingerprint density at radius 3 is 2.85 bits per heavy atom. The summed E-state index contributed by atoms with van der Waals surface area (Å²) in [5.74, 6) is 0.443. The number of primary amides is 1. The molecule has 0 atom stereocenters. The van der Waals surface area contributed by atoms with Crippen LogP contribution in [-0.2, 0) is 24.4 Å². The molecule has 1 fully saturated rings. The molecular formula is C19H24N6O2. The number of nitrogens with zero attached hydrogens (tertiary/aromatic N) is 4. The largest absolute Gasteiger partial charge is 0.365 e. The highest BCUT2D eigenvalue weighted by molar-refractivity contribution is 5.97. The number of carbonyl (C=O) groups is 2. The smallest absolute Gasteiger partial charge is 0.252 e. The van der Waals surface area contributed by atoms with E-state index >= 15 is 0 Å². The lowest BCUT2D eigenvalue weighted by Gasteiger charge is -2.30. The van der Waals surface area contributed by atoms with Crippen LogP contribution in [0.4, 0.5) is 5.82 Å². The van der Waals surface area contributed by atoms with Crippen LogP contribution in [-0.4, -0.2) is 38.0 Å². The number of aromatic nitrogens is 3. The summed E-state index contributed by atoms with van der Waals surface area (Å²) in [4.78, 5) is 30.3. The summed E-state index contributed by atoms with van der Waals surface area (Å²) < 4.78 is 1.98. The van der Waals surface area contributed by atoms with Gasteiger partial charge in [-0.2, -0.15) is 5.10 Å². The Morgan fingerprint density at radius 2 is 2.11 bits per heavy atom. The number of hydrogen-bond donors (Lipinski definition) is 2. The lowest BCUT2D eigenvalue weighted by Crippen LogP contribution is -2.38. The van der Waals surface area contributed by atoms with Gasteiger partial charge in [0.05, 0.1) is 30.0 Å². The number of aryl methyl sites for hydroxylation is 1. The van der Waals surface area contributed by atoms with Crippen molar-refractivity contribution in [2.75, 3.05) is 11.9 Å². The number of pyridine rings is 1. The van der Waals surface area contributed by atoms with E-state index in [1.54, 1.807) is 18.3 Å². The first-order chi connectivity index (χ1) is 13.1. The van der Waals surface area contributed by atoms with Gasteiger partial charge in [-0.15, -0.1) is 0 Å². The number of nitrogens with two attached hydrogens (primary N) is 1. The number of hydrogen-bond acceptors (Lipinski definition) is 5. The zero-order chi connectivity index (χ0) is 18.8. The second kappa shape index (κ2) is 7.38. The Bertz CT molecular complexity index is 858. The van der Waals surface area contributed by atoms with Crippen LogP contribution in [0.25, 0.3) is 0 Å². The van der Waals surface area contributed by atoms with E-state index in [2.05, 4.69) is 15.4 Å². The van der Waals surface area contributed by atoms with Gasteiger partial charge in [0.25, 0.3) is 5.91 Å². The summed E-state index contributed by atoms with van der Waals surface area (Å²) in [7, 11) is 0. The number of anilines is 1. The van der Waals surface area contributed by atoms with Crippen molar-refractivity contribution >= 4 is 17.6 Å². The highest BCUT2D eigenvalue weighted by Gasteiger charge is 2.30. The molecular weight excluding hydrogens is 344 g/mol. The minimum absolute atomic E-state index is 0.219. The van der Waals surface area contributed by atoms with E-state index in [-0.39, 0.29) is 11.8 Å². The fourth-order valence-corrected chi connectivity index (χ4v) is 3.63. The Hall–Kier alpha value is -2.90. The lowest BCUT2D eigenvalue weighted by atomic mass is 9.84. The van der Waals surface area contributed by atoms with Crippen LogP contribution >= 0.6 is 0 Å². The van der Waals surface area contributed by atoms with Crippen molar-refractivity contribution in [2.45, 2.75) is 45.3 Å². The van der Waals surface area contributed by atoms with Crippen molar-refractivity contribution in [1.29, 1.82) is 0 Å². The quantitative estimate of drug-likeness (QED) is 0.832. The summed E-state index contributed by atoms with van der Waals surface area (Å²) >= 11 is 0. The van der Waals surface area contributed by atoms with E-state index in [1.807, 2.05) is 15.6 Å². The Morgan fingerprint density at radius 1 is 1.26 bits per heavy atom. The Kier molecular flexibility index (Phi) is 4.79. The van der Waals surface area contributed by atoms with Gasteiger partial charge in [-0.05, 0) is 37.5 Å². The summed E-state index contributed by atoms with van der Waals surface area (Å²) in [5, 5.41) is 7.78. The molecule has 4 rings (SSSR count). The van der Waals surface area contributed by atoms with Gasteiger partial charge in [-0.3, -0.25) is 14.3 Å². The molecule has 1 saturated carbocycles. The van der Waals surface area contributed by atoms with E-state index in [9.17, 15) is 9.59 Å². The number of fused-ring (bicyclic) bond motifs is 1. The highest BCUT2D eigenvalue weighted by atomic mass is 16.2. The predicted molar refractivity (Wildman–Crippen MR) is 99.7 cm³/mol. The second-order valence-corrected chi connectivity index (χ2v) is 7.21. The highest BCUT2D eigenvalue weighted by Crippen LogP contribution is 2.29. The number of rotatable bonds is 5. The normalized spacial score (nSPS) is 17.0. The molecule has 27 heavy (non-hydrogen) atoms. The van der Waals surface area contributed by atoms with Gasteiger partial charge in [0.2, 0.25) is 5.91 Å². The maximum absolute atomic E-state index is 12.6. The molecule has 2 aromatic heterocycles.